The highest BCUT2D eigenvalue weighted by molar-refractivity contribution is 6.30. The summed E-state index contributed by atoms with van der Waals surface area (Å²) in [6.07, 6.45) is 0.271. The first-order valence-corrected chi connectivity index (χ1v) is 5.67. The molecule has 0 saturated carbocycles. The van der Waals surface area contributed by atoms with Gasteiger partial charge in [-0.1, -0.05) is 11.6 Å². The van der Waals surface area contributed by atoms with Crippen LogP contribution in [-0.4, -0.2) is 24.3 Å². The molecule has 4 heteroatoms. The van der Waals surface area contributed by atoms with Crippen LogP contribution < -0.4 is 4.90 Å². The maximum atomic E-state index is 13.6. The van der Waals surface area contributed by atoms with Crippen LogP contribution in [0.4, 0.5) is 10.1 Å². The Kier molecular flexibility index (Phi) is 3.36. The Morgan fingerprint density at radius 1 is 1.50 bits per heavy atom. The van der Waals surface area contributed by atoms with Crippen molar-refractivity contribution in [2.45, 2.75) is 12.5 Å². The number of halogens is 2. The van der Waals surface area contributed by atoms with E-state index in [1.165, 1.54) is 6.07 Å². The molecule has 2 rings (SSSR count). The van der Waals surface area contributed by atoms with Crippen molar-refractivity contribution in [1.29, 1.82) is 0 Å². The average molecular weight is 243 g/mol. The molecule has 0 bridgehead atoms. The highest BCUT2D eigenvalue weighted by Gasteiger charge is 2.25. The number of aliphatic hydroxyl groups is 1. The fourth-order valence-corrected chi connectivity index (χ4v) is 2.10. The van der Waals surface area contributed by atoms with Gasteiger partial charge in [0.05, 0.1) is 11.8 Å². The number of anilines is 1. The van der Waals surface area contributed by atoms with E-state index in [1.807, 2.05) is 4.90 Å². The first-order chi connectivity index (χ1) is 7.58. The number of hydrogen-bond donors (Lipinski definition) is 1. The molecule has 1 N–H and O–H groups in total. The third-order valence-corrected chi connectivity index (χ3v) is 3.21. The lowest BCUT2D eigenvalue weighted by atomic mass is 9.95. The smallest absolute Gasteiger partial charge is 0.147 e. The fraction of sp³-hybridized carbons (Fsp3) is 0.417. The Morgan fingerprint density at radius 3 is 2.88 bits per heavy atom. The van der Waals surface area contributed by atoms with Gasteiger partial charge < -0.3 is 10.0 Å². The highest BCUT2D eigenvalue weighted by Crippen LogP contribution is 2.27. The van der Waals surface area contributed by atoms with Gasteiger partial charge in [-0.3, -0.25) is 0 Å². The van der Waals surface area contributed by atoms with Gasteiger partial charge in [-0.2, -0.15) is 0 Å². The molecule has 1 aromatic rings. The van der Waals surface area contributed by atoms with Gasteiger partial charge in [0.15, 0.2) is 0 Å². The summed E-state index contributed by atoms with van der Waals surface area (Å²) in [5.41, 5.74) is 0.496. The monoisotopic (exact) mass is 242 g/mol. The summed E-state index contributed by atoms with van der Waals surface area (Å²) < 4.78 is 13.6. The van der Waals surface area contributed by atoms with E-state index in [4.69, 9.17) is 11.6 Å². The van der Waals surface area contributed by atoms with E-state index < -0.39 is 6.10 Å². The molecular weight excluding hydrogens is 229 g/mol. The molecule has 1 heterocycles. The van der Waals surface area contributed by atoms with Crippen LogP contribution in [0.25, 0.3) is 0 Å². The lowest BCUT2D eigenvalue weighted by Crippen LogP contribution is -2.43. The molecular formula is C12H14ClFNO. The maximum Gasteiger partial charge on any atom is 0.147 e. The number of rotatable bonds is 1. The van der Waals surface area contributed by atoms with E-state index in [9.17, 15) is 9.50 Å². The molecule has 2 nitrogen and oxygen atoms in total. The summed E-state index contributed by atoms with van der Waals surface area (Å²) in [7, 11) is 0. The first kappa shape index (κ1) is 11.7. The van der Waals surface area contributed by atoms with Crippen LogP contribution in [0.2, 0.25) is 5.02 Å². The van der Waals surface area contributed by atoms with E-state index in [1.54, 1.807) is 12.1 Å². The number of benzene rings is 1. The van der Waals surface area contributed by atoms with Gasteiger partial charge in [-0.05, 0) is 37.5 Å². The van der Waals surface area contributed by atoms with Gasteiger partial charge in [0.2, 0.25) is 0 Å². The van der Waals surface area contributed by atoms with Gasteiger partial charge >= 0.3 is 0 Å². The summed E-state index contributed by atoms with van der Waals surface area (Å²) in [6, 6.07) is 4.59. The fourth-order valence-electron chi connectivity index (χ4n) is 1.94. The Bertz CT molecular complexity index is 385. The molecule has 1 aromatic carbocycles. The Morgan fingerprint density at radius 2 is 2.25 bits per heavy atom. The second-order valence-corrected chi connectivity index (χ2v) is 4.59. The number of aliphatic hydroxyl groups excluding tert-OH is 1. The molecule has 0 amide bonds. The standard InChI is InChI=1S/C12H14ClFNO/c1-8-4-5-15(7-12(8)16)11-3-2-9(13)6-10(11)14/h2-3,6,8,12,16H,1,4-5,7H2/t8-,12+/m1/s1. The van der Waals surface area contributed by atoms with E-state index in [0.717, 1.165) is 6.42 Å². The van der Waals surface area contributed by atoms with Crippen LogP contribution in [0.15, 0.2) is 18.2 Å². The Balaban J connectivity index is 2.18. The Labute approximate surface area is 99.6 Å². The highest BCUT2D eigenvalue weighted by atomic mass is 35.5. The van der Waals surface area contributed by atoms with Crippen molar-refractivity contribution < 1.29 is 9.50 Å². The second kappa shape index (κ2) is 4.60. The molecule has 0 aromatic heterocycles. The zero-order chi connectivity index (χ0) is 11.7. The largest absolute Gasteiger partial charge is 0.391 e. The maximum absolute atomic E-state index is 13.6. The number of nitrogens with zero attached hydrogens (tertiary/aromatic N) is 1. The van der Waals surface area contributed by atoms with Crippen molar-refractivity contribution >= 4 is 17.3 Å². The number of piperidine rings is 1. The number of hydrogen-bond acceptors (Lipinski definition) is 2. The summed E-state index contributed by atoms with van der Waals surface area (Å²) in [5.74, 6) is -0.311. The predicted octanol–water partition coefficient (Wildman–Crippen LogP) is 2.50. The summed E-state index contributed by atoms with van der Waals surface area (Å²) in [6.45, 7) is 4.99. The first-order valence-electron chi connectivity index (χ1n) is 5.29. The van der Waals surface area contributed by atoms with Crippen molar-refractivity contribution in [2.75, 3.05) is 18.0 Å². The minimum absolute atomic E-state index is 0.0339. The minimum atomic E-state index is -0.496. The second-order valence-electron chi connectivity index (χ2n) is 4.16. The molecule has 2 atom stereocenters. The molecule has 1 aliphatic rings. The van der Waals surface area contributed by atoms with E-state index >= 15 is 0 Å². The third-order valence-electron chi connectivity index (χ3n) is 2.97. The van der Waals surface area contributed by atoms with Crippen molar-refractivity contribution in [2.24, 2.45) is 5.92 Å². The Hall–Kier alpha value is -0.800. The van der Waals surface area contributed by atoms with Gasteiger partial charge in [0.1, 0.15) is 5.82 Å². The zero-order valence-electron chi connectivity index (χ0n) is 8.87. The third kappa shape index (κ3) is 2.30. The van der Waals surface area contributed by atoms with Gasteiger partial charge in [-0.15, -0.1) is 0 Å². The molecule has 16 heavy (non-hydrogen) atoms. The van der Waals surface area contributed by atoms with Gasteiger partial charge in [0.25, 0.3) is 0 Å². The molecule has 1 fully saturated rings. The van der Waals surface area contributed by atoms with E-state index in [2.05, 4.69) is 6.92 Å². The van der Waals surface area contributed by atoms with Crippen molar-refractivity contribution in [3.8, 4) is 0 Å². The normalized spacial score (nSPS) is 25.9. The van der Waals surface area contributed by atoms with Crippen molar-refractivity contribution in [3.05, 3.63) is 36.0 Å². The van der Waals surface area contributed by atoms with Crippen LogP contribution in [0, 0.1) is 18.7 Å². The molecule has 0 spiro atoms. The summed E-state index contributed by atoms with van der Waals surface area (Å²) >= 11 is 5.69. The quantitative estimate of drug-likeness (QED) is 0.818. The van der Waals surface area contributed by atoms with E-state index in [-0.39, 0.29) is 11.7 Å². The van der Waals surface area contributed by atoms with Gasteiger partial charge in [-0.25, -0.2) is 4.39 Å². The number of β-amino-alcohol motifs (C(OH)–C–C–N with tert-alkyl or cyclic N) is 1. The molecule has 0 unspecified atom stereocenters. The summed E-state index contributed by atoms with van der Waals surface area (Å²) in [4.78, 5) is 1.83. The molecule has 1 radical (unpaired) electrons. The van der Waals surface area contributed by atoms with Crippen LogP contribution in [0.3, 0.4) is 0 Å². The van der Waals surface area contributed by atoms with Crippen LogP contribution >= 0.6 is 11.6 Å². The summed E-state index contributed by atoms with van der Waals surface area (Å²) in [5, 5.41) is 10.1. The van der Waals surface area contributed by atoms with Crippen LogP contribution in [0.1, 0.15) is 6.42 Å². The predicted molar refractivity (Wildman–Crippen MR) is 63.1 cm³/mol. The SMILES string of the molecule is [CH2][C@@H]1CCN(c2ccc(Cl)cc2F)C[C@@H]1O. The van der Waals surface area contributed by atoms with Crippen LogP contribution in [-0.2, 0) is 0 Å². The van der Waals surface area contributed by atoms with Crippen molar-refractivity contribution in [1.82, 2.24) is 0 Å². The lowest BCUT2D eigenvalue weighted by Gasteiger charge is -2.35. The minimum Gasteiger partial charge on any atom is -0.391 e. The molecule has 1 aliphatic heterocycles. The zero-order valence-corrected chi connectivity index (χ0v) is 9.62. The van der Waals surface area contributed by atoms with Crippen LogP contribution in [0.5, 0.6) is 0 Å². The molecule has 87 valence electrons. The topological polar surface area (TPSA) is 23.5 Å². The van der Waals surface area contributed by atoms with Crippen molar-refractivity contribution in [3.63, 3.8) is 0 Å². The van der Waals surface area contributed by atoms with E-state index in [0.29, 0.717) is 23.8 Å². The lowest BCUT2D eigenvalue weighted by molar-refractivity contribution is 0.115. The average Bonchev–Trinajstić information content (AvgIpc) is 2.22. The molecule has 1 saturated heterocycles. The van der Waals surface area contributed by atoms with Gasteiger partial charge in [0, 0.05) is 18.1 Å². The molecule has 0 aliphatic carbocycles.